The molecule has 5 aliphatic rings. The normalized spacial score (nSPS) is 21.4. The average Bonchev–Trinajstić information content (AvgIpc) is 3.75. The van der Waals surface area contributed by atoms with Crippen LogP contribution in [0.5, 0.6) is 0 Å². The molecule has 0 aliphatic carbocycles. The van der Waals surface area contributed by atoms with Crippen LogP contribution in [0.4, 0.5) is 27.8 Å². The fraction of sp³-hybridized carbons (Fsp3) is 0.524. The first kappa shape index (κ1) is 39.8. The minimum atomic E-state index is -1.09. The summed E-state index contributed by atoms with van der Waals surface area (Å²) in [4.78, 5) is 74.8. The molecule has 5 aliphatic heterocycles. The second-order valence-corrected chi connectivity index (χ2v) is 16.7. The van der Waals surface area contributed by atoms with Gasteiger partial charge >= 0.3 is 0 Å². The van der Waals surface area contributed by atoms with Gasteiger partial charge in [-0.05, 0) is 64.2 Å². The van der Waals surface area contributed by atoms with Crippen LogP contribution in [-0.2, 0) is 20.9 Å². The van der Waals surface area contributed by atoms with E-state index in [1.807, 2.05) is 18.3 Å². The molecule has 4 saturated heterocycles. The number of piperazine rings is 1. The number of hydrogen-bond donors (Lipinski definition) is 2. The van der Waals surface area contributed by atoms with E-state index in [1.54, 1.807) is 13.3 Å². The molecule has 9 rings (SSSR count). The zero-order valence-corrected chi connectivity index (χ0v) is 34.3. The molecule has 2 N–H and O–H groups in total. The quantitative estimate of drug-likeness (QED) is 0.223. The number of anilines is 4. The van der Waals surface area contributed by atoms with Gasteiger partial charge in [0.15, 0.2) is 5.82 Å². The number of nitrogens with zero attached hydrogens (tertiary/aromatic N) is 10. The summed E-state index contributed by atoms with van der Waals surface area (Å²) in [7, 11) is 1.77. The molecule has 3 aromatic heterocycles. The Kier molecular flexibility index (Phi) is 10.9. The van der Waals surface area contributed by atoms with Gasteiger partial charge in [-0.1, -0.05) is 0 Å². The molecule has 316 valence electrons. The summed E-state index contributed by atoms with van der Waals surface area (Å²) in [6.07, 6.45) is 7.91. The lowest BCUT2D eigenvalue weighted by Gasteiger charge is -2.43. The molecule has 60 heavy (non-hydrogen) atoms. The van der Waals surface area contributed by atoms with E-state index in [-0.39, 0.29) is 36.1 Å². The van der Waals surface area contributed by atoms with Gasteiger partial charge < -0.3 is 19.9 Å². The van der Waals surface area contributed by atoms with Crippen LogP contribution in [0.3, 0.4) is 0 Å². The molecule has 17 nitrogen and oxygen atoms in total. The highest BCUT2D eigenvalue weighted by Crippen LogP contribution is 2.34. The number of halogens is 1. The Labute approximate surface area is 347 Å². The predicted octanol–water partition coefficient (Wildman–Crippen LogP) is 3.49. The second-order valence-electron chi connectivity index (χ2n) is 16.7. The van der Waals surface area contributed by atoms with Crippen LogP contribution in [-0.4, -0.2) is 141 Å². The van der Waals surface area contributed by atoms with Crippen molar-refractivity contribution in [1.29, 1.82) is 0 Å². The van der Waals surface area contributed by atoms with E-state index in [0.717, 1.165) is 106 Å². The molecule has 18 heteroatoms. The zero-order valence-electron chi connectivity index (χ0n) is 34.3. The molecule has 4 amide bonds. The molecule has 0 radical (unpaired) electrons. The first-order valence-electron chi connectivity index (χ1n) is 21.1. The van der Waals surface area contributed by atoms with Crippen molar-refractivity contribution in [1.82, 2.24) is 44.7 Å². The van der Waals surface area contributed by atoms with E-state index in [9.17, 15) is 19.2 Å². The van der Waals surface area contributed by atoms with Crippen molar-refractivity contribution < 1.29 is 28.3 Å². The third-order valence-electron chi connectivity index (χ3n) is 12.7. The lowest BCUT2D eigenvalue weighted by Crippen LogP contribution is -2.54. The number of pyridine rings is 1. The molecule has 1 atom stereocenters. The lowest BCUT2D eigenvalue weighted by molar-refractivity contribution is -0.136. The molecule has 8 heterocycles. The largest absolute Gasteiger partial charge is 0.381 e. The molecule has 4 aromatic rings. The Morgan fingerprint density at radius 1 is 0.867 bits per heavy atom. The summed E-state index contributed by atoms with van der Waals surface area (Å²) in [5, 5.41) is 11.7. The van der Waals surface area contributed by atoms with Gasteiger partial charge in [-0.25, -0.2) is 14.4 Å². The predicted molar refractivity (Wildman–Crippen MR) is 221 cm³/mol. The van der Waals surface area contributed by atoms with Crippen LogP contribution in [0.2, 0.25) is 0 Å². The van der Waals surface area contributed by atoms with Gasteiger partial charge in [0.25, 0.3) is 11.8 Å². The van der Waals surface area contributed by atoms with Gasteiger partial charge in [0.05, 0.1) is 28.1 Å². The van der Waals surface area contributed by atoms with E-state index < -0.39 is 35.5 Å². The van der Waals surface area contributed by atoms with Gasteiger partial charge in [-0.2, -0.15) is 10.1 Å². The van der Waals surface area contributed by atoms with Crippen LogP contribution in [0.1, 0.15) is 84.7 Å². The van der Waals surface area contributed by atoms with Crippen LogP contribution < -0.4 is 20.4 Å². The fourth-order valence-electron chi connectivity index (χ4n) is 9.33. The monoisotopic (exact) mass is 822 g/mol. The molecule has 1 aromatic carbocycles. The van der Waals surface area contributed by atoms with Crippen molar-refractivity contribution >= 4 is 57.9 Å². The Bertz CT molecular complexity index is 2310. The first-order chi connectivity index (χ1) is 29.0. The first-order valence-corrected chi connectivity index (χ1v) is 21.1. The van der Waals surface area contributed by atoms with Gasteiger partial charge in [0.2, 0.25) is 17.8 Å². The molecule has 0 spiro atoms. The summed E-state index contributed by atoms with van der Waals surface area (Å²) >= 11 is 0. The molecule has 0 bridgehead atoms. The van der Waals surface area contributed by atoms with Crippen molar-refractivity contribution in [3.63, 3.8) is 0 Å². The van der Waals surface area contributed by atoms with Gasteiger partial charge in [-0.3, -0.25) is 43.9 Å². The Morgan fingerprint density at radius 3 is 2.28 bits per heavy atom. The number of benzene rings is 1. The number of carbonyl (C=O) groups is 4. The molecular weight excluding hydrogens is 772 g/mol. The highest BCUT2D eigenvalue weighted by Gasteiger charge is 2.45. The van der Waals surface area contributed by atoms with E-state index >= 15 is 4.39 Å². The number of methoxy groups -OCH3 is 1. The number of ether oxygens (including phenoxy) is 1. The van der Waals surface area contributed by atoms with Crippen molar-refractivity contribution in [2.75, 3.05) is 74.6 Å². The Morgan fingerprint density at radius 2 is 1.58 bits per heavy atom. The summed E-state index contributed by atoms with van der Waals surface area (Å²) in [6, 6.07) is 5.94. The van der Waals surface area contributed by atoms with Gasteiger partial charge in [-0.15, -0.1) is 0 Å². The number of hydrogen-bond acceptors (Lipinski definition) is 14. The lowest BCUT2D eigenvalue weighted by atomic mass is 10.0. The van der Waals surface area contributed by atoms with Gasteiger partial charge in [0, 0.05) is 109 Å². The van der Waals surface area contributed by atoms with E-state index in [2.05, 4.69) is 53.7 Å². The maximum absolute atomic E-state index is 15.4. The third kappa shape index (κ3) is 7.67. The van der Waals surface area contributed by atoms with Crippen molar-refractivity contribution in [2.24, 2.45) is 0 Å². The van der Waals surface area contributed by atoms with E-state index in [0.29, 0.717) is 35.7 Å². The highest BCUT2D eigenvalue weighted by atomic mass is 19.1. The van der Waals surface area contributed by atoms with Crippen molar-refractivity contribution in [3.05, 3.63) is 59.2 Å². The molecule has 0 saturated carbocycles. The van der Waals surface area contributed by atoms with Crippen molar-refractivity contribution in [2.45, 2.75) is 83.1 Å². The number of aromatic nitrogens is 5. The maximum Gasteiger partial charge on any atom is 0.262 e. The second kappa shape index (κ2) is 16.5. The SMILES string of the molecule is COC1CCN(c2nccc(Nc3cc4c(cn3)c(N3CCC(N5CCN(Cc6cc7c(cc6F)C(=O)N(C6CCC(=O)NC6=O)C7=O)CC5)CC3)nn4C(C)C)n2)CC1. The third-order valence-corrected chi connectivity index (χ3v) is 12.7. The number of carbonyl (C=O) groups excluding carboxylic acids is 4. The van der Waals surface area contributed by atoms with Crippen LogP contribution >= 0.6 is 0 Å². The standard InChI is InChI=1S/C42H51FN12O5/c1-25(2)55-34-22-36(46-35-6-11-44-42(47-35)53-14-9-28(60-3)10-15-53)45-23-31(34)38(49-55)52-12-7-27(8-13-52)51-18-16-50(17-19-51)24-26-20-29-30(21-32(26)43)41(59)54(40(29)58)33-4-5-37(56)48-39(33)57/h6,11,20-23,25,27-28,33H,4-5,7-10,12-19,24H2,1-3H3,(H,48,56,57)(H,44,45,46,47). The summed E-state index contributed by atoms with van der Waals surface area (Å²) in [5.41, 5.74) is 1.39. The number of rotatable bonds is 10. The summed E-state index contributed by atoms with van der Waals surface area (Å²) < 4.78 is 23.0. The molecular formula is C42H51FN12O5. The van der Waals surface area contributed by atoms with Gasteiger partial charge in [0.1, 0.15) is 23.5 Å². The molecule has 1 unspecified atom stereocenters. The topological polar surface area (TPSA) is 174 Å². The van der Waals surface area contributed by atoms with E-state index in [1.165, 1.54) is 6.07 Å². The fourth-order valence-corrected chi connectivity index (χ4v) is 9.33. The van der Waals surface area contributed by atoms with E-state index in [4.69, 9.17) is 19.8 Å². The Hall–Kier alpha value is -5.59. The zero-order chi connectivity index (χ0) is 41.7. The minimum Gasteiger partial charge on any atom is -0.381 e. The number of amides is 4. The van der Waals surface area contributed by atoms with Crippen molar-refractivity contribution in [3.8, 4) is 0 Å². The smallest absolute Gasteiger partial charge is 0.262 e. The van der Waals surface area contributed by atoms with Crippen LogP contribution in [0.15, 0.2) is 36.7 Å². The Balaban J connectivity index is 0.801. The highest BCUT2D eigenvalue weighted by molar-refractivity contribution is 6.23. The summed E-state index contributed by atoms with van der Waals surface area (Å²) in [6.45, 7) is 11.1. The minimum absolute atomic E-state index is 0.0240. The van der Waals surface area contributed by atoms with Crippen LogP contribution in [0, 0.1) is 5.82 Å². The summed E-state index contributed by atoms with van der Waals surface area (Å²) in [5.74, 6) is -0.0181. The average molecular weight is 823 g/mol. The van der Waals surface area contributed by atoms with Crippen LogP contribution in [0.25, 0.3) is 10.9 Å². The number of piperidine rings is 3. The number of fused-ring (bicyclic) bond motifs is 2. The number of imide groups is 2. The number of nitrogens with one attached hydrogen (secondary N) is 2. The molecule has 4 fully saturated rings. The maximum atomic E-state index is 15.4.